The van der Waals surface area contributed by atoms with Crippen LogP contribution in [0, 0.1) is 0 Å². The van der Waals surface area contributed by atoms with Gasteiger partial charge < -0.3 is 4.57 Å². The van der Waals surface area contributed by atoms with E-state index in [0.29, 0.717) is 6.61 Å². The monoisotopic (exact) mass is 232 g/mol. The first-order valence-electron chi connectivity index (χ1n) is 5.92. The third kappa shape index (κ3) is 2.35. The van der Waals surface area contributed by atoms with Crippen LogP contribution >= 0.6 is 0 Å². The molecular weight excluding hydrogens is 212 g/mol. The number of aromatic nitrogens is 1. The molecule has 2 aromatic rings. The molecule has 3 nitrogen and oxygen atoms in total. The van der Waals surface area contributed by atoms with Crippen molar-refractivity contribution in [2.75, 3.05) is 7.05 Å². The fraction of sp³-hybridized carbons (Fsp3) is 0.429. The van der Waals surface area contributed by atoms with Gasteiger partial charge in [-0.15, -0.1) is 0 Å². The number of rotatable bonds is 3. The van der Waals surface area contributed by atoms with Crippen LogP contribution in [0.5, 0.6) is 0 Å². The number of hydroxylamine groups is 1. The molecule has 1 aromatic carbocycles. The van der Waals surface area contributed by atoms with E-state index in [2.05, 4.69) is 61.2 Å². The second-order valence-electron chi connectivity index (χ2n) is 5.19. The summed E-state index contributed by atoms with van der Waals surface area (Å²) in [5, 5.41) is 1.26. The molecule has 1 aromatic heterocycles. The van der Waals surface area contributed by atoms with E-state index in [1.807, 2.05) is 0 Å². The Morgan fingerprint density at radius 3 is 2.59 bits per heavy atom. The van der Waals surface area contributed by atoms with Gasteiger partial charge in [-0.25, -0.2) is 5.48 Å². The fourth-order valence-corrected chi connectivity index (χ4v) is 2.26. The van der Waals surface area contributed by atoms with Gasteiger partial charge in [-0.1, -0.05) is 18.2 Å². The second-order valence-corrected chi connectivity index (χ2v) is 5.19. The molecule has 0 bridgehead atoms. The molecule has 0 fully saturated rings. The summed E-state index contributed by atoms with van der Waals surface area (Å²) >= 11 is 0. The predicted octanol–water partition coefficient (Wildman–Crippen LogP) is 3.05. The Hall–Kier alpha value is -1.32. The van der Waals surface area contributed by atoms with E-state index < -0.39 is 0 Å². The molecular formula is C14H20N2O. The van der Waals surface area contributed by atoms with Crippen molar-refractivity contribution in [2.45, 2.75) is 32.9 Å². The highest BCUT2D eigenvalue weighted by Gasteiger charge is 2.19. The lowest BCUT2D eigenvalue weighted by molar-refractivity contribution is 0.0393. The first kappa shape index (κ1) is 12.1. The summed E-state index contributed by atoms with van der Waals surface area (Å²) in [5.74, 6) is 0. The van der Waals surface area contributed by atoms with Crippen LogP contribution < -0.4 is 5.48 Å². The lowest BCUT2D eigenvalue weighted by Crippen LogP contribution is -2.24. The molecule has 17 heavy (non-hydrogen) atoms. The lowest BCUT2D eigenvalue weighted by Gasteiger charge is -2.25. The minimum Gasteiger partial charge on any atom is -0.337 e. The maximum atomic E-state index is 5.31. The number of hydrogen-bond donors (Lipinski definition) is 1. The van der Waals surface area contributed by atoms with Crippen molar-refractivity contribution in [3.05, 3.63) is 36.0 Å². The minimum absolute atomic E-state index is 0.0511. The van der Waals surface area contributed by atoms with Crippen LogP contribution in [0.4, 0.5) is 0 Å². The van der Waals surface area contributed by atoms with Crippen LogP contribution in [0.1, 0.15) is 26.5 Å². The summed E-state index contributed by atoms with van der Waals surface area (Å²) in [7, 11) is 1.78. The largest absolute Gasteiger partial charge is 0.337 e. The highest BCUT2D eigenvalue weighted by Crippen LogP contribution is 2.27. The third-order valence-corrected chi connectivity index (χ3v) is 2.82. The van der Waals surface area contributed by atoms with Gasteiger partial charge in [-0.05, 0) is 38.3 Å². The molecule has 1 heterocycles. The van der Waals surface area contributed by atoms with Gasteiger partial charge in [-0.2, -0.15) is 0 Å². The number of nitrogens with one attached hydrogen (secondary N) is 1. The third-order valence-electron chi connectivity index (χ3n) is 2.82. The van der Waals surface area contributed by atoms with Gasteiger partial charge in [0.05, 0.1) is 0 Å². The van der Waals surface area contributed by atoms with Crippen LogP contribution in [0.25, 0.3) is 10.9 Å². The van der Waals surface area contributed by atoms with Crippen LogP contribution in [0.15, 0.2) is 30.3 Å². The molecule has 0 unspecified atom stereocenters. The van der Waals surface area contributed by atoms with E-state index in [9.17, 15) is 0 Å². The first-order chi connectivity index (χ1) is 8.04. The average molecular weight is 232 g/mol. The predicted molar refractivity (Wildman–Crippen MR) is 70.8 cm³/mol. The Kier molecular flexibility index (Phi) is 3.22. The van der Waals surface area contributed by atoms with Gasteiger partial charge >= 0.3 is 0 Å². The summed E-state index contributed by atoms with van der Waals surface area (Å²) in [4.78, 5) is 5.31. The Morgan fingerprint density at radius 2 is 1.94 bits per heavy atom. The van der Waals surface area contributed by atoms with Gasteiger partial charge in [0.2, 0.25) is 0 Å². The SMILES string of the molecule is CNOCc1cc2ccccc2n1C(C)(C)C. The highest BCUT2D eigenvalue weighted by molar-refractivity contribution is 5.81. The second kappa shape index (κ2) is 4.51. The zero-order chi connectivity index (χ0) is 12.5. The molecule has 0 spiro atoms. The van der Waals surface area contributed by atoms with Crippen molar-refractivity contribution in [3.8, 4) is 0 Å². The van der Waals surface area contributed by atoms with E-state index in [1.54, 1.807) is 7.05 Å². The maximum absolute atomic E-state index is 5.31. The van der Waals surface area contributed by atoms with Crippen molar-refractivity contribution >= 4 is 10.9 Å². The molecule has 0 atom stereocenters. The molecule has 0 saturated carbocycles. The van der Waals surface area contributed by atoms with E-state index in [4.69, 9.17) is 4.84 Å². The summed E-state index contributed by atoms with van der Waals surface area (Å²) in [5.41, 5.74) is 5.22. The van der Waals surface area contributed by atoms with Gasteiger partial charge in [0.15, 0.2) is 0 Å². The van der Waals surface area contributed by atoms with Crippen LogP contribution in [-0.2, 0) is 17.0 Å². The topological polar surface area (TPSA) is 26.2 Å². The van der Waals surface area contributed by atoms with E-state index in [1.165, 1.54) is 16.6 Å². The summed E-state index contributed by atoms with van der Waals surface area (Å²) in [6.07, 6.45) is 0. The quantitative estimate of drug-likeness (QED) is 0.823. The van der Waals surface area contributed by atoms with E-state index in [-0.39, 0.29) is 5.54 Å². The number of fused-ring (bicyclic) bond motifs is 1. The zero-order valence-corrected chi connectivity index (χ0v) is 10.9. The van der Waals surface area contributed by atoms with Gasteiger partial charge in [-0.3, -0.25) is 4.84 Å². The molecule has 0 aliphatic heterocycles. The number of nitrogens with zero attached hydrogens (tertiary/aromatic N) is 1. The van der Waals surface area contributed by atoms with Crippen molar-refractivity contribution < 1.29 is 4.84 Å². The smallest absolute Gasteiger partial charge is 0.108 e. The Morgan fingerprint density at radius 1 is 1.24 bits per heavy atom. The van der Waals surface area contributed by atoms with Crippen molar-refractivity contribution in [1.29, 1.82) is 0 Å². The maximum Gasteiger partial charge on any atom is 0.108 e. The first-order valence-corrected chi connectivity index (χ1v) is 5.92. The molecule has 0 aliphatic carbocycles. The summed E-state index contributed by atoms with van der Waals surface area (Å²) < 4.78 is 2.33. The zero-order valence-electron chi connectivity index (χ0n) is 10.9. The molecule has 0 aliphatic rings. The highest BCUT2D eigenvalue weighted by atomic mass is 16.6. The molecule has 92 valence electrons. The van der Waals surface area contributed by atoms with Gasteiger partial charge in [0.25, 0.3) is 0 Å². The molecule has 3 heteroatoms. The number of para-hydroxylation sites is 1. The van der Waals surface area contributed by atoms with Crippen molar-refractivity contribution in [2.24, 2.45) is 0 Å². The van der Waals surface area contributed by atoms with Crippen molar-refractivity contribution in [1.82, 2.24) is 10.0 Å². The minimum atomic E-state index is 0.0511. The normalized spacial score (nSPS) is 12.2. The Bertz CT molecular complexity index is 508. The summed E-state index contributed by atoms with van der Waals surface area (Å²) in [6, 6.07) is 10.6. The molecule has 2 rings (SSSR count). The van der Waals surface area contributed by atoms with E-state index in [0.717, 1.165) is 0 Å². The van der Waals surface area contributed by atoms with Gasteiger partial charge in [0, 0.05) is 23.8 Å². The average Bonchev–Trinajstić information content (AvgIpc) is 2.63. The van der Waals surface area contributed by atoms with Crippen molar-refractivity contribution in [3.63, 3.8) is 0 Å². The van der Waals surface area contributed by atoms with E-state index >= 15 is 0 Å². The number of hydrogen-bond acceptors (Lipinski definition) is 2. The van der Waals surface area contributed by atoms with Crippen LogP contribution in [-0.4, -0.2) is 11.6 Å². The lowest BCUT2D eigenvalue weighted by atomic mass is 10.1. The molecule has 0 saturated heterocycles. The van der Waals surface area contributed by atoms with Crippen LogP contribution in [0.3, 0.4) is 0 Å². The Labute approximate surface area is 102 Å². The molecule has 1 N–H and O–H groups in total. The fourth-order valence-electron chi connectivity index (χ4n) is 2.26. The van der Waals surface area contributed by atoms with Crippen LogP contribution in [0.2, 0.25) is 0 Å². The molecule has 0 amide bonds. The molecule has 0 radical (unpaired) electrons. The summed E-state index contributed by atoms with van der Waals surface area (Å²) in [6.45, 7) is 7.20. The number of benzene rings is 1. The Balaban J connectivity index is 2.57. The van der Waals surface area contributed by atoms with Gasteiger partial charge in [0.1, 0.15) is 6.61 Å². The standard InChI is InChI=1S/C14H20N2O/c1-14(2,3)16-12(10-17-15-4)9-11-7-5-6-8-13(11)16/h5-9,15H,10H2,1-4H3.